The summed E-state index contributed by atoms with van der Waals surface area (Å²) in [5, 5.41) is 7.40. The van der Waals surface area contributed by atoms with E-state index >= 15 is 0 Å². The summed E-state index contributed by atoms with van der Waals surface area (Å²) in [6, 6.07) is 18.1. The number of halogens is 3. The number of nitrogens with zero attached hydrogens (tertiary/aromatic N) is 2. The van der Waals surface area contributed by atoms with Crippen LogP contribution in [0.4, 0.5) is 13.2 Å². The molecule has 35 heavy (non-hydrogen) atoms. The molecular formula is C23H20F3N2O3PS3. The van der Waals surface area contributed by atoms with Gasteiger partial charge in [-0.15, -0.1) is 22.7 Å². The van der Waals surface area contributed by atoms with Crippen molar-refractivity contribution >= 4 is 61.5 Å². The number of benzene rings is 2. The minimum Gasteiger partial charge on any atom is -0.741 e. The fourth-order valence-electron chi connectivity index (χ4n) is 3.66. The lowest BCUT2D eigenvalue weighted by Gasteiger charge is -2.08. The van der Waals surface area contributed by atoms with Crippen LogP contribution >= 0.6 is 31.2 Å². The quantitative estimate of drug-likeness (QED) is 0.176. The van der Waals surface area contributed by atoms with E-state index in [4.69, 9.17) is 13.0 Å². The molecule has 0 N–H and O–H groups in total. The van der Waals surface area contributed by atoms with Gasteiger partial charge in [-0.05, 0) is 47.5 Å². The summed E-state index contributed by atoms with van der Waals surface area (Å²) < 4.78 is 66.5. The molecule has 2 aromatic carbocycles. The van der Waals surface area contributed by atoms with E-state index in [1.54, 1.807) is 0 Å². The standard InChI is InChI=1S/C22H20N2PS2.CHF3O3S/c1-15(19-13-26-21-9-5-3-7-17(19)21)23-11-12-24(25-23)16(2)20-14-27-22-10-6-4-8-18(20)22;2-1(3,4)8(5,6)7/h3-16H,1-2H3;(H,5,6,7)/q+1;/p-1/t15-,16-;/m1./s1. The molecule has 0 radical (unpaired) electrons. The Hall–Kier alpha value is -2.30. The van der Waals surface area contributed by atoms with Gasteiger partial charge in [0.1, 0.15) is 24.5 Å². The van der Waals surface area contributed by atoms with E-state index in [1.807, 2.05) is 22.7 Å². The lowest BCUT2D eigenvalue weighted by atomic mass is 10.1. The van der Waals surface area contributed by atoms with Crippen LogP contribution in [0.15, 0.2) is 71.7 Å². The summed E-state index contributed by atoms with van der Waals surface area (Å²) in [5.74, 6) is 0. The summed E-state index contributed by atoms with van der Waals surface area (Å²) in [5.41, 5.74) is -2.81. The van der Waals surface area contributed by atoms with Gasteiger partial charge in [0.25, 0.3) is 0 Å². The highest BCUT2D eigenvalue weighted by Gasteiger charge is 2.37. The van der Waals surface area contributed by atoms with Crippen molar-refractivity contribution in [2.75, 3.05) is 0 Å². The lowest BCUT2D eigenvalue weighted by Crippen LogP contribution is -2.32. The molecule has 0 spiro atoms. The Balaban J connectivity index is 0.000000314. The maximum atomic E-state index is 10.7. The number of aromatic nitrogens is 2. The van der Waals surface area contributed by atoms with Crippen LogP contribution < -0.4 is 4.33 Å². The van der Waals surface area contributed by atoms with Crippen LogP contribution in [0.25, 0.3) is 20.2 Å². The zero-order valence-corrected chi connectivity index (χ0v) is 21.9. The molecule has 0 aliphatic carbocycles. The molecule has 5 nitrogen and oxygen atoms in total. The largest absolute Gasteiger partial charge is 0.741 e. The average molecular weight is 557 g/mol. The summed E-state index contributed by atoms with van der Waals surface area (Å²) >= 11 is 3.68. The van der Waals surface area contributed by atoms with Crippen molar-refractivity contribution in [3.05, 3.63) is 82.8 Å². The Kier molecular flexibility index (Phi) is 7.36. The second kappa shape index (κ2) is 9.99. The average Bonchev–Trinajstić information content (AvgIpc) is 3.55. The fraction of sp³-hybridized carbons (Fsp3) is 0.217. The van der Waals surface area contributed by atoms with E-state index in [2.05, 4.69) is 94.2 Å². The van der Waals surface area contributed by atoms with Gasteiger partial charge >= 0.3 is 14.0 Å². The van der Waals surface area contributed by atoms with Crippen molar-refractivity contribution in [1.82, 2.24) is 4.33 Å². The first-order valence-electron chi connectivity index (χ1n) is 10.4. The van der Waals surface area contributed by atoms with Crippen molar-refractivity contribution in [1.29, 1.82) is 0 Å². The maximum Gasteiger partial charge on any atom is 0.485 e. The molecular weight excluding hydrogens is 536 g/mol. The van der Waals surface area contributed by atoms with Crippen LogP contribution in [0.3, 0.4) is 0 Å². The minimum atomic E-state index is -6.09. The normalized spacial score (nSPS) is 14.2. The monoisotopic (exact) mass is 556 g/mol. The smallest absolute Gasteiger partial charge is 0.485 e. The highest BCUT2D eigenvalue weighted by molar-refractivity contribution is 7.86. The molecule has 2 atom stereocenters. The predicted molar refractivity (Wildman–Crippen MR) is 134 cm³/mol. The topological polar surface area (TPSA) is 66.0 Å². The van der Waals surface area contributed by atoms with Gasteiger partial charge in [-0.2, -0.15) is 13.2 Å². The van der Waals surface area contributed by atoms with E-state index in [1.165, 1.54) is 39.8 Å². The summed E-state index contributed by atoms with van der Waals surface area (Å²) in [7, 11) is -4.87. The number of hydrogen-bond donors (Lipinski definition) is 0. The van der Waals surface area contributed by atoms with E-state index in [-0.39, 0.29) is 0 Å². The van der Waals surface area contributed by atoms with Crippen molar-refractivity contribution in [3.8, 4) is 0 Å². The van der Waals surface area contributed by atoms with Gasteiger partial charge in [0.15, 0.2) is 10.1 Å². The lowest BCUT2D eigenvalue weighted by molar-refractivity contribution is -0.641. The molecule has 184 valence electrons. The first-order chi connectivity index (χ1) is 16.5. The van der Waals surface area contributed by atoms with E-state index in [9.17, 15) is 13.2 Å². The predicted octanol–water partition coefficient (Wildman–Crippen LogP) is 7.06. The number of alkyl halides is 3. The Morgan fingerprint density at radius 3 is 1.97 bits per heavy atom. The molecule has 0 saturated heterocycles. The highest BCUT2D eigenvalue weighted by Crippen LogP contribution is 2.34. The third kappa shape index (κ3) is 5.44. The second-order valence-electron chi connectivity index (χ2n) is 7.77. The maximum absolute atomic E-state index is 10.7. The third-order valence-electron chi connectivity index (χ3n) is 5.58. The van der Waals surface area contributed by atoms with Crippen LogP contribution in [0, 0.1) is 0 Å². The molecule has 0 aliphatic rings. The number of hydrogen-bond acceptors (Lipinski definition) is 5. The highest BCUT2D eigenvalue weighted by atomic mass is 32.2. The summed E-state index contributed by atoms with van der Waals surface area (Å²) in [4.78, 5) is 0. The molecule has 5 rings (SSSR count). The van der Waals surface area contributed by atoms with Crippen molar-refractivity contribution in [3.63, 3.8) is 0 Å². The van der Waals surface area contributed by atoms with Gasteiger partial charge < -0.3 is 4.55 Å². The molecule has 0 fully saturated rings. The fourth-order valence-corrected chi connectivity index (χ4v) is 6.79. The zero-order chi connectivity index (χ0) is 25.4. The minimum absolute atomic E-state index is 0.357. The van der Waals surface area contributed by atoms with Crippen molar-refractivity contribution in [2.24, 2.45) is 0 Å². The first-order valence-corrected chi connectivity index (χ1v) is 14.3. The van der Waals surface area contributed by atoms with Gasteiger partial charge in [-0.25, -0.2) is 17.1 Å². The van der Waals surface area contributed by atoms with Crippen LogP contribution in [0.2, 0.25) is 0 Å². The van der Waals surface area contributed by atoms with E-state index < -0.39 is 15.6 Å². The van der Waals surface area contributed by atoms with Crippen LogP contribution in [-0.2, 0) is 10.1 Å². The van der Waals surface area contributed by atoms with Gasteiger partial charge in [-0.1, -0.05) is 36.4 Å². The molecule has 3 aromatic heterocycles. The summed E-state index contributed by atoms with van der Waals surface area (Å²) in [6.45, 7) is 4.61. The van der Waals surface area contributed by atoms with Gasteiger partial charge in [0.2, 0.25) is 0 Å². The van der Waals surface area contributed by atoms with Crippen LogP contribution in [0.1, 0.15) is 37.1 Å². The van der Waals surface area contributed by atoms with Gasteiger partial charge in [0, 0.05) is 20.5 Å². The molecule has 0 aliphatic heterocycles. The second-order valence-corrected chi connectivity index (χ2v) is 12.1. The van der Waals surface area contributed by atoms with Gasteiger partial charge in [0.05, 0.1) is 0 Å². The van der Waals surface area contributed by atoms with E-state index in [0.717, 1.165) is 0 Å². The number of rotatable bonds is 4. The molecule has 0 bridgehead atoms. The van der Waals surface area contributed by atoms with Crippen LogP contribution in [-0.4, -0.2) is 22.8 Å². The first kappa shape index (κ1) is 25.8. The molecule has 0 saturated carbocycles. The van der Waals surface area contributed by atoms with Crippen molar-refractivity contribution < 1.29 is 30.5 Å². The molecule has 0 unspecified atom stereocenters. The molecule has 5 aromatic rings. The Morgan fingerprint density at radius 2 is 1.43 bits per heavy atom. The SMILES string of the molecule is C[C@H](c1csc2ccccc12)n1cc[n+]([C@H](C)c2csc3ccccc23)p1.O=S(=O)([O-])C(F)(F)F. The Morgan fingerprint density at radius 1 is 0.943 bits per heavy atom. The zero-order valence-electron chi connectivity index (χ0n) is 18.5. The summed E-state index contributed by atoms with van der Waals surface area (Å²) in [6.07, 6.45) is 4.48. The number of thiophene rings is 2. The molecule has 3 heterocycles. The Bertz CT molecular complexity index is 1480. The van der Waals surface area contributed by atoms with Gasteiger partial charge in [-0.3, -0.25) is 0 Å². The Labute approximate surface area is 210 Å². The third-order valence-corrected chi connectivity index (χ3v) is 9.48. The molecule has 12 heteroatoms. The van der Waals surface area contributed by atoms with Crippen LogP contribution in [0.5, 0.6) is 0 Å². The van der Waals surface area contributed by atoms with Crippen molar-refractivity contribution in [2.45, 2.75) is 31.4 Å². The molecule has 0 amide bonds. The number of fused-ring (bicyclic) bond motifs is 2. The van der Waals surface area contributed by atoms with E-state index in [0.29, 0.717) is 12.1 Å².